The van der Waals surface area contributed by atoms with Crippen LogP contribution in [0.5, 0.6) is 5.75 Å². The van der Waals surface area contributed by atoms with Crippen molar-refractivity contribution in [3.8, 4) is 5.75 Å². The van der Waals surface area contributed by atoms with Gasteiger partial charge >= 0.3 is 5.97 Å². The van der Waals surface area contributed by atoms with E-state index in [0.717, 1.165) is 0 Å². The zero-order valence-electron chi connectivity index (χ0n) is 9.11. The lowest BCUT2D eigenvalue weighted by Crippen LogP contribution is -2.11. The first-order valence-corrected chi connectivity index (χ1v) is 4.76. The highest BCUT2D eigenvalue weighted by molar-refractivity contribution is 5.72. The molecule has 0 aromatic carbocycles. The van der Waals surface area contributed by atoms with Crippen molar-refractivity contribution in [2.24, 2.45) is 5.73 Å². The Morgan fingerprint density at radius 1 is 1.65 bits per heavy atom. The van der Waals surface area contributed by atoms with Crippen LogP contribution in [0.15, 0.2) is 6.07 Å². The number of alkyl halides is 2. The van der Waals surface area contributed by atoms with Crippen LogP contribution in [0.4, 0.5) is 8.78 Å². The largest absolute Gasteiger partial charge is 0.496 e. The maximum absolute atomic E-state index is 12.8. The van der Waals surface area contributed by atoms with Gasteiger partial charge in [0.15, 0.2) is 0 Å². The minimum Gasteiger partial charge on any atom is -0.496 e. The van der Waals surface area contributed by atoms with Crippen LogP contribution in [-0.2, 0) is 17.8 Å². The standard InChI is InChI=1S/C10H12F2N2O3/c1-17-7-2-5(4-13)14-9(10(11)12)6(7)3-8(15)16/h2,10H,3-4,13H2,1H3,(H,15,16). The number of carboxylic acids is 1. The molecule has 1 aromatic heterocycles. The molecule has 0 aliphatic heterocycles. The molecule has 0 saturated heterocycles. The number of nitrogens with two attached hydrogens (primary N) is 1. The predicted molar refractivity (Wildman–Crippen MR) is 55.0 cm³/mol. The van der Waals surface area contributed by atoms with Gasteiger partial charge in [-0.05, 0) is 0 Å². The molecule has 0 bridgehead atoms. The number of ether oxygens (including phenoxy) is 1. The van der Waals surface area contributed by atoms with Crippen molar-refractivity contribution in [1.29, 1.82) is 0 Å². The van der Waals surface area contributed by atoms with Crippen LogP contribution < -0.4 is 10.5 Å². The molecule has 94 valence electrons. The third-order valence-corrected chi connectivity index (χ3v) is 2.13. The second kappa shape index (κ2) is 5.53. The van der Waals surface area contributed by atoms with Crippen LogP contribution in [0, 0.1) is 0 Å². The van der Waals surface area contributed by atoms with E-state index in [4.69, 9.17) is 15.6 Å². The first-order valence-electron chi connectivity index (χ1n) is 4.76. The Labute approximate surface area is 96.2 Å². The number of aliphatic carboxylic acids is 1. The van der Waals surface area contributed by atoms with E-state index in [1.807, 2.05) is 0 Å². The molecule has 5 nitrogen and oxygen atoms in total. The van der Waals surface area contributed by atoms with E-state index in [2.05, 4.69) is 4.98 Å². The van der Waals surface area contributed by atoms with Crippen LogP contribution >= 0.6 is 0 Å². The Hall–Kier alpha value is -1.76. The lowest BCUT2D eigenvalue weighted by Gasteiger charge is -2.13. The van der Waals surface area contributed by atoms with Crippen molar-refractivity contribution in [2.75, 3.05) is 7.11 Å². The van der Waals surface area contributed by atoms with Crippen molar-refractivity contribution < 1.29 is 23.4 Å². The number of hydrogen-bond acceptors (Lipinski definition) is 4. The fourth-order valence-corrected chi connectivity index (χ4v) is 1.42. The summed E-state index contributed by atoms with van der Waals surface area (Å²) in [7, 11) is 1.27. The summed E-state index contributed by atoms with van der Waals surface area (Å²) in [5, 5.41) is 8.67. The van der Waals surface area contributed by atoms with Crippen LogP contribution in [0.3, 0.4) is 0 Å². The van der Waals surface area contributed by atoms with Crippen molar-refractivity contribution in [2.45, 2.75) is 19.4 Å². The monoisotopic (exact) mass is 246 g/mol. The second-order valence-electron chi connectivity index (χ2n) is 3.25. The molecule has 0 amide bonds. The summed E-state index contributed by atoms with van der Waals surface area (Å²) in [6.45, 7) is -0.0244. The molecular formula is C10H12F2N2O3. The van der Waals surface area contributed by atoms with E-state index in [0.29, 0.717) is 0 Å². The topological polar surface area (TPSA) is 85.4 Å². The molecule has 0 atom stereocenters. The van der Waals surface area contributed by atoms with Gasteiger partial charge in [-0.3, -0.25) is 4.79 Å². The number of methoxy groups -OCH3 is 1. The molecule has 1 aromatic rings. The average molecular weight is 246 g/mol. The molecule has 0 fully saturated rings. The van der Waals surface area contributed by atoms with Gasteiger partial charge in [0.2, 0.25) is 0 Å². The zero-order valence-corrected chi connectivity index (χ0v) is 9.11. The van der Waals surface area contributed by atoms with Crippen molar-refractivity contribution in [1.82, 2.24) is 4.98 Å². The van der Waals surface area contributed by atoms with E-state index in [-0.39, 0.29) is 23.6 Å². The molecule has 7 heteroatoms. The summed E-state index contributed by atoms with van der Waals surface area (Å²) in [5.74, 6) is -1.16. The minimum atomic E-state index is -2.87. The van der Waals surface area contributed by atoms with E-state index >= 15 is 0 Å². The van der Waals surface area contributed by atoms with E-state index in [1.54, 1.807) is 0 Å². The predicted octanol–water partition coefficient (Wildman–Crippen LogP) is 1.11. The third kappa shape index (κ3) is 3.10. The molecule has 0 radical (unpaired) electrons. The van der Waals surface area contributed by atoms with Crippen molar-refractivity contribution in [3.05, 3.63) is 23.0 Å². The summed E-state index contributed by atoms with van der Waals surface area (Å²) in [6.07, 6.45) is -3.44. The molecule has 0 spiro atoms. The molecule has 0 aliphatic rings. The summed E-state index contributed by atoms with van der Waals surface area (Å²) in [5.41, 5.74) is 4.83. The van der Waals surface area contributed by atoms with Crippen molar-refractivity contribution in [3.63, 3.8) is 0 Å². The highest BCUT2D eigenvalue weighted by Gasteiger charge is 2.22. The van der Waals surface area contributed by atoms with Gasteiger partial charge in [-0.2, -0.15) is 0 Å². The fraction of sp³-hybridized carbons (Fsp3) is 0.400. The fourth-order valence-electron chi connectivity index (χ4n) is 1.42. The molecule has 17 heavy (non-hydrogen) atoms. The van der Waals surface area contributed by atoms with Crippen molar-refractivity contribution >= 4 is 5.97 Å². The van der Waals surface area contributed by atoms with Gasteiger partial charge in [0.25, 0.3) is 6.43 Å². The van der Waals surface area contributed by atoms with E-state index in [9.17, 15) is 13.6 Å². The average Bonchev–Trinajstić information content (AvgIpc) is 2.28. The van der Waals surface area contributed by atoms with E-state index < -0.39 is 24.5 Å². The summed E-state index contributed by atoms with van der Waals surface area (Å²) < 4.78 is 30.4. The Morgan fingerprint density at radius 3 is 2.71 bits per heavy atom. The number of pyridine rings is 1. The molecule has 0 aliphatic carbocycles. The normalized spacial score (nSPS) is 10.6. The third-order valence-electron chi connectivity index (χ3n) is 2.13. The maximum atomic E-state index is 12.8. The quantitative estimate of drug-likeness (QED) is 0.812. The minimum absolute atomic E-state index is 0.0244. The maximum Gasteiger partial charge on any atom is 0.308 e. The van der Waals surface area contributed by atoms with Crippen LogP contribution in [-0.4, -0.2) is 23.2 Å². The zero-order chi connectivity index (χ0) is 13.0. The summed E-state index contributed by atoms with van der Waals surface area (Å²) in [4.78, 5) is 14.2. The van der Waals surface area contributed by atoms with E-state index in [1.165, 1.54) is 13.2 Å². The number of carbonyl (C=O) groups is 1. The lowest BCUT2D eigenvalue weighted by atomic mass is 10.1. The molecule has 3 N–H and O–H groups in total. The molecule has 0 unspecified atom stereocenters. The van der Waals surface area contributed by atoms with Gasteiger partial charge in [0, 0.05) is 18.2 Å². The van der Waals surface area contributed by atoms with Crippen LogP contribution in [0.25, 0.3) is 0 Å². The Balaban J connectivity index is 3.35. The number of nitrogens with zero attached hydrogens (tertiary/aromatic N) is 1. The highest BCUT2D eigenvalue weighted by atomic mass is 19.3. The number of aromatic nitrogens is 1. The summed E-state index contributed by atoms with van der Waals surface area (Å²) >= 11 is 0. The molecular weight excluding hydrogens is 234 g/mol. The summed E-state index contributed by atoms with van der Waals surface area (Å²) in [6, 6.07) is 1.37. The van der Waals surface area contributed by atoms with Gasteiger partial charge in [-0.25, -0.2) is 13.8 Å². The highest BCUT2D eigenvalue weighted by Crippen LogP contribution is 2.29. The first-order chi connectivity index (χ1) is 7.99. The van der Waals surface area contributed by atoms with Crippen LogP contribution in [0.1, 0.15) is 23.4 Å². The Bertz CT molecular complexity index is 424. The van der Waals surface area contributed by atoms with Gasteiger partial charge < -0.3 is 15.6 Å². The van der Waals surface area contributed by atoms with Gasteiger partial charge in [-0.1, -0.05) is 0 Å². The molecule has 1 heterocycles. The first kappa shape index (κ1) is 13.3. The second-order valence-corrected chi connectivity index (χ2v) is 3.25. The number of carboxylic acid groups (broad SMARTS) is 1. The number of rotatable bonds is 5. The molecule has 1 rings (SSSR count). The van der Waals surface area contributed by atoms with Crippen LogP contribution in [0.2, 0.25) is 0 Å². The van der Waals surface area contributed by atoms with Gasteiger partial charge in [-0.15, -0.1) is 0 Å². The number of halogens is 2. The van der Waals surface area contributed by atoms with Gasteiger partial charge in [0.1, 0.15) is 11.4 Å². The Kier molecular flexibility index (Phi) is 4.33. The Morgan fingerprint density at radius 2 is 2.29 bits per heavy atom. The lowest BCUT2D eigenvalue weighted by molar-refractivity contribution is -0.136. The SMILES string of the molecule is COc1cc(CN)nc(C(F)F)c1CC(=O)O. The number of hydrogen-bond donors (Lipinski definition) is 2. The molecule has 0 saturated carbocycles. The smallest absolute Gasteiger partial charge is 0.308 e. The van der Waals surface area contributed by atoms with Gasteiger partial charge in [0.05, 0.1) is 19.2 Å².